The second-order valence-electron chi connectivity index (χ2n) is 2.82. The van der Waals surface area contributed by atoms with Gasteiger partial charge in [-0.2, -0.15) is 0 Å². The number of carbonyl (C=O) groups excluding carboxylic acids is 1. The quantitative estimate of drug-likeness (QED) is 0.483. The molecule has 0 bridgehead atoms. The first-order valence-corrected chi connectivity index (χ1v) is 3.94. The summed E-state index contributed by atoms with van der Waals surface area (Å²) >= 11 is 0. The van der Waals surface area contributed by atoms with Crippen molar-refractivity contribution in [1.29, 1.82) is 0 Å². The molecule has 1 amide bonds. The normalized spacial score (nSPS) is 10.0. The molecule has 0 aliphatic carbocycles. The van der Waals surface area contributed by atoms with Crippen molar-refractivity contribution in [2.45, 2.75) is 6.92 Å². The molecule has 0 aromatic heterocycles. The Bertz CT molecular complexity index is 476. The van der Waals surface area contributed by atoms with Gasteiger partial charge in [0.15, 0.2) is 23.1 Å². The van der Waals surface area contributed by atoms with Crippen molar-refractivity contribution in [1.82, 2.24) is 0 Å². The van der Waals surface area contributed by atoms with Crippen LogP contribution in [0.25, 0.3) is 0 Å². The van der Waals surface area contributed by atoms with Crippen molar-refractivity contribution in [3.63, 3.8) is 0 Å². The first-order chi connectivity index (χ1) is 7.34. The first-order valence-electron chi connectivity index (χ1n) is 3.94. The molecule has 0 aliphatic rings. The molecular formula is C8H5F3N2O3. The average molecular weight is 234 g/mol. The predicted octanol–water partition coefficient (Wildman–Crippen LogP) is 1.97. The molecule has 1 aromatic rings. The van der Waals surface area contributed by atoms with E-state index < -0.39 is 39.7 Å². The van der Waals surface area contributed by atoms with Gasteiger partial charge in [0.05, 0.1) is 11.0 Å². The second kappa shape index (κ2) is 4.17. The standard InChI is InChI=1S/C8H5F3N2O3/c1-3(14)12-8-5(13(15)16)2-4(9)6(10)7(8)11/h2H,1H3,(H,12,14). The van der Waals surface area contributed by atoms with E-state index in [0.29, 0.717) is 0 Å². The molecule has 0 saturated heterocycles. The Morgan fingerprint density at radius 3 is 2.38 bits per heavy atom. The minimum absolute atomic E-state index is 0.198. The number of benzene rings is 1. The number of nitro groups is 1. The van der Waals surface area contributed by atoms with E-state index in [-0.39, 0.29) is 6.07 Å². The van der Waals surface area contributed by atoms with Crippen LogP contribution in [0.2, 0.25) is 0 Å². The van der Waals surface area contributed by atoms with Crippen LogP contribution < -0.4 is 5.32 Å². The lowest BCUT2D eigenvalue weighted by atomic mass is 10.2. The van der Waals surface area contributed by atoms with E-state index >= 15 is 0 Å². The fourth-order valence-electron chi connectivity index (χ4n) is 1.02. The number of rotatable bonds is 2. The number of halogens is 3. The third-order valence-corrected chi connectivity index (χ3v) is 1.64. The Kier molecular flexibility index (Phi) is 3.11. The molecule has 0 saturated carbocycles. The highest BCUT2D eigenvalue weighted by molar-refractivity contribution is 5.91. The summed E-state index contributed by atoms with van der Waals surface area (Å²) in [5.41, 5.74) is -2.04. The van der Waals surface area contributed by atoms with Gasteiger partial charge < -0.3 is 5.32 Å². The molecular weight excluding hydrogens is 229 g/mol. The molecule has 1 N–H and O–H groups in total. The molecule has 0 aliphatic heterocycles. The van der Waals surface area contributed by atoms with Gasteiger partial charge in [-0.1, -0.05) is 0 Å². The summed E-state index contributed by atoms with van der Waals surface area (Å²) in [4.78, 5) is 19.9. The van der Waals surface area contributed by atoms with Crippen LogP contribution in [0.15, 0.2) is 6.07 Å². The molecule has 0 fully saturated rings. The zero-order valence-corrected chi connectivity index (χ0v) is 7.88. The molecule has 0 heterocycles. The SMILES string of the molecule is CC(=O)Nc1c([N+](=O)[O-])cc(F)c(F)c1F. The summed E-state index contributed by atoms with van der Waals surface area (Å²) in [5.74, 6) is -6.22. The van der Waals surface area contributed by atoms with Crippen LogP contribution in [0.1, 0.15) is 6.92 Å². The Hall–Kier alpha value is -2.12. The van der Waals surface area contributed by atoms with E-state index in [1.165, 1.54) is 0 Å². The lowest BCUT2D eigenvalue weighted by Gasteiger charge is -2.05. The van der Waals surface area contributed by atoms with Crippen molar-refractivity contribution < 1.29 is 22.9 Å². The minimum atomic E-state index is -1.88. The van der Waals surface area contributed by atoms with Crippen LogP contribution in [-0.4, -0.2) is 10.8 Å². The number of carbonyl (C=O) groups is 1. The third-order valence-electron chi connectivity index (χ3n) is 1.64. The maximum atomic E-state index is 13.1. The minimum Gasteiger partial charge on any atom is -0.318 e. The van der Waals surface area contributed by atoms with Gasteiger partial charge in [-0.05, 0) is 0 Å². The molecule has 1 aromatic carbocycles. The van der Waals surface area contributed by atoms with Gasteiger partial charge in [0.2, 0.25) is 5.91 Å². The van der Waals surface area contributed by atoms with Crippen LogP contribution in [0.3, 0.4) is 0 Å². The highest BCUT2D eigenvalue weighted by Crippen LogP contribution is 2.30. The van der Waals surface area contributed by atoms with Crippen molar-refractivity contribution >= 4 is 17.3 Å². The number of amides is 1. The summed E-state index contributed by atoms with van der Waals surface area (Å²) < 4.78 is 38.6. The number of nitro benzene ring substituents is 1. The van der Waals surface area contributed by atoms with Gasteiger partial charge in [-0.25, -0.2) is 13.2 Å². The van der Waals surface area contributed by atoms with E-state index in [4.69, 9.17) is 0 Å². The summed E-state index contributed by atoms with van der Waals surface area (Å²) in [6, 6.07) is 0.198. The van der Waals surface area contributed by atoms with Gasteiger partial charge in [0, 0.05) is 6.92 Å². The van der Waals surface area contributed by atoms with Gasteiger partial charge in [0.1, 0.15) is 0 Å². The van der Waals surface area contributed by atoms with Crippen LogP contribution in [0.4, 0.5) is 24.5 Å². The summed E-state index contributed by atoms with van der Waals surface area (Å²) in [6.07, 6.45) is 0. The largest absolute Gasteiger partial charge is 0.318 e. The smallest absolute Gasteiger partial charge is 0.298 e. The topological polar surface area (TPSA) is 72.2 Å². The number of hydrogen-bond donors (Lipinski definition) is 1. The van der Waals surface area contributed by atoms with E-state index in [0.717, 1.165) is 6.92 Å². The molecule has 86 valence electrons. The summed E-state index contributed by atoms with van der Waals surface area (Å²) in [6.45, 7) is 0.949. The Labute approximate surface area is 87.0 Å². The zero-order valence-electron chi connectivity index (χ0n) is 7.88. The molecule has 0 atom stereocenters. The Morgan fingerprint density at radius 1 is 1.38 bits per heavy atom. The van der Waals surface area contributed by atoms with Crippen LogP contribution in [0.5, 0.6) is 0 Å². The monoisotopic (exact) mass is 234 g/mol. The van der Waals surface area contributed by atoms with Crippen molar-refractivity contribution in [2.24, 2.45) is 0 Å². The maximum absolute atomic E-state index is 13.1. The Morgan fingerprint density at radius 2 is 1.94 bits per heavy atom. The predicted molar refractivity (Wildman–Crippen MR) is 47.3 cm³/mol. The molecule has 5 nitrogen and oxygen atoms in total. The van der Waals surface area contributed by atoms with Crippen LogP contribution in [-0.2, 0) is 4.79 Å². The van der Waals surface area contributed by atoms with Crippen LogP contribution >= 0.6 is 0 Å². The molecule has 0 radical (unpaired) electrons. The fourth-order valence-corrected chi connectivity index (χ4v) is 1.02. The lowest BCUT2D eigenvalue weighted by Crippen LogP contribution is -2.11. The van der Waals surface area contributed by atoms with Gasteiger partial charge in [-0.3, -0.25) is 14.9 Å². The van der Waals surface area contributed by atoms with Gasteiger partial charge in [-0.15, -0.1) is 0 Å². The number of nitrogens with zero attached hydrogens (tertiary/aromatic N) is 1. The summed E-state index contributed by atoms with van der Waals surface area (Å²) in [7, 11) is 0. The highest BCUT2D eigenvalue weighted by atomic mass is 19.2. The van der Waals surface area contributed by atoms with Crippen molar-refractivity contribution in [2.75, 3.05) is 5.32 Å². The highest BCUT2D eigenvalue weighted by Gasteiger charge is 2.26. The van der Waals surface area contributed by atoms with Gasteiger partial charge in [0.25, 0.3) is 5.69 Å². The van der Waals surface area contributed by atoms with Gasteiger partial charge >= 0.3 is 0 Å². The van der Waals surface area contributed by atoms with E-state index in [1.54, 1.807) is 5.32 Å². The maximum Gasteiger partial charge on any atom is 0.298 e. The summed E-state index contributed by atoms with van der Waals surface area (Å²) in [5, 5.41) is 12.1. The fraction of sp³-hybridized carbons (Fsp3) is 0.125. The molecule has 0 unspecified atom stereocenters. The average Bonchev–Trinajstić information content (AvgIpc) is 2.17. The van der Waals surface area contributed by atoms with Crippen molar-refractivity contribution in [3.05, 3.63) is 33.6 Å². The van der Waals surface area contributed by atoms with E-state index in [2.05, 4.69) is 0 Å². The first kappa shape index (κ1) is 12.0. The molecule has 1 rings (SSSR count). The molecule has 8 heteroatoms. The Balaban J connectivity index is 3.47. The number of nitrogens with one attached hydrogen (secondary N) is 1. The molecule has 16 heavy (non-hydrogen) atoms. The van der Waals surface area contributed by atoms with E-state index in [9.17, 15) is 28.1 Å². The number of anilines is 1. The lowest BCUT2D eigenvalue weighted by molar-refractivity contribution is -0.384. The molecule has 0 spiro atoms. The van der Waals surface area contributed by atoms with Crippen LogP contribution in [0, 0.1) is 27.6 Å². The number of hydrogen-bond acceptors (Lipinski definition) is 3. The zero-order chi connectivity index (χ0) is 12.5. The second-order valence-corrected chi connectivity index (χ2v) is 2.82. The third kappa shape index (κ3) is 2.10. The van der Waals surface area contributed by atoms with Crippen molar-refractivity contribution in [3.8, 4) is 0 Å². The van der Waals surface area contributed by atoms with E-state index in [1.807, 2.05) is 0 Å².